The molecule has 1 N–H and O–H groups in total. The van der Waals surface area contributed by atoms with Gasteiger partial charge < -0.3 is 5.32 Å². The molecule has 0 aromatic rings. The summed E-state index contributed by atoms with van der Waals surface area (Å²) in [6.45, 7) is 8.01. The van der Waals surface area contributed by atoms with Crippen LogP contribution in [0.25, 0.3) is 0 Å². The molecule has 2 heteroatoms. The van der Waals surface area contributed by atoms with Gasteiger partial charge in [-0.2, -0.15) is 11.8 Å². The standard InChI is InChI=1S/C14H29NS/c1-4-12(3)14(15-5-2)11-16-10-13-8-6-7-9-13/h12-15H,4-11H2,1-3H3. The Labute approximate surface area is 106 Å². The van der Waals surface area contributed by atoms with Crippen molar-refractivity contribution >= 4 is 11.8 Å². The van der Waals surface area contributed by atoms with E-state index in [1.807, 2.05) is 0 Å². The molecule has 2 unspecified atom stereocenters. The molecule has 1 rings (SSSR count). The van der Waals surface area contributed by atoms with E-state index >= 15 is 0 Å². The van der Waals surface area contributed by atoms with Gasteiger partial charge in [-0.15, -0.1) is 0 Å². The minimum absolute atomic E-state index is 0.724. The summed E-state index contributed by atoms with van der Waals surface area (Å²) in [4.78, 5) is 0. The summed E-state index contributed by atoms with van der Waals surface area (Å²) >= 11 is 2.18. The molecule has 1 fully saturated rings. The summed E-state index contributed by atoms with van der Waals surface area (Å²) in [5.41, 5.74) is 0. The van der Waals surface area contributed by atoms with Crippen LogP contribution < -0.4 is 5.32 Å². The summed E-state index contributed by atoms with van der Waals surface area (Å²) < 4.78 is 0. The van der Waals surface area contributed by atoms with Crippen molar-refractivity contribution in [1.29, 1.82) is 0 Å². The molecule has 1 aliphatic rings. The highest BCUT2D eigenvalue weighted by Gasteiger charge is 2.18. The second-order valence-electron chi connectivity index (χ2n) is 5.24. The van der Waals surface area contributed by atoms with Crippen LogP contribution in [0.1, 0.15) is 52.9 Å². The largest absolute Gasteiger partial charge is 0.313 e. The highest BCUT2D eigenvalue weighted by atomic mass is 32.2. The van der Waals surface area contributed by atoms with E-state index in [2.05, 4.69) is 37.8 Å². The zero-order chi connectivity index (χ0) is 11.8. The summed E-state index contributed by atoms with van der Waals surface area (Å²) in [7, 11) is 0. The summed E-state index contributed by atoms with van der Waals surface area (Å²) in [5.74, 6) is 4.55. The fourth-order valence-corrected chi connectivity index (χ4v) is 4.01. The average molecular weight is 243 g/mol. The van der Waals surface area contributed by atoms with Crippen molar-refractivity contribution in [1.82, 2.24) is 5.32 Å². The van der Waals surface area contributed by atoms with Crippen LogP contribution in [0.2, 0.25) is 0 Å². The second-order valence-corrected chi connectivity index (χ2v) is 6.31. The molecular weight excluding hydrogens is 214 g/mol. The molecule has 1 aliphatic carbocycles. The molecule has 0 amide bonds. The van der Waals surface area contributed by atoms with Crippen molar-refractivity contribution < 1.29 is 0 Å². The van der Waals surface area contributed by atoms with E-state index in [0.29, 0.717) is 0 Å². The van der Waals surface area contributed by atoms with Gasteiger partial charge in [0.25, 0.3) is 0 Å². The molecule has 2 atom stereocenters. The molecule has 0 aliphatic heterocycles. The van der Waals surface area contributed by atoms with Crippen LogP contribution in [0.5, 0.6) is 0 Å². The van der Waals surface area contributed by atoms with Gasteiger partial charge in [-0.05, 0) is 37.0 Å². The number of hydrogen-bond donors (Lipinski definition) is 1. The smallest absolute Gasteiger partial charge is 0.0183 e. The number of rotatable bonds is 8. The first-order valence-electron chi connectivity index (χ1n) is 7.09. The van der Waals surface area contributed by atoms with Gasteiger partial charge >= 0.3 is 0 Å². The number of thioether (sulfide) groups is 1. The minimum Gasteiger partial charge on any atom is -0.313 e. The van der Waals surface area contributed by atoms with Crippen LogP contribution in [-0.2, 0) is 0 Å². The summed E-state index contributed by atoms with van der Waals surface area (Å²) in [6.07, 6.45) is 7.23. The van der Waals surface area contributed by atoms with Crippen LogP contribution in [0.3, 0.4) is 0 Å². The Morgan fingerprint density at radius 3 is 2.50 bits per heavy atom. The van der Waals surface area contributed by atoms with E-state index in [-0.39, 0.29) is 0 Å². The normalized spacial score (nSPS) is 21.2. The fraction of sp³-hybridized carbons (Fsp3) is 1.00. The van der Waals surface area contributed by atoms with Gasteiger partial charge in [0, 0.05) is 11.8 Å². The third kappa shape index (κ3) is 5.09. The molecule has 0 heterocycles. The van der Waals surface area contributed by atoms with E-state index in [9.17, 15) is 0 Å². The first kappa shape index (κ1) is 14.4. The van der Waals surface area contributed by atoms with Crippen molar-refractivity contribution in [3.05, 3.63) is 0 Å². The first-order valence-corrected chi connectivity index (χ1v) is 8.24. The van der Waals surface area contributed by atoms with E-state index in [1.54, 1.807) is 0 Å². The highest BCUT2D eigenvalue weighted by molar-refractivity contribution is 7.99. The average Bonchev–Trinajstić information content (AvgIpc) is 2.80. The Hall–Kier alpha value is 0.310. The molecular formula is C14H29NS. The van der Waals surface area contributed by atoms with Crippen LogP contribution in [0.4, 0.5) is 0 Å². The lowest BCUT2D eigenvalue weighted by Gasteiger charge is -2.24. The highest BCUT2D eigenvalue weighted by Crippen LogP contribution is 2.28. The van der Waals surface area contributed by atoms with Crippen molar-refractivity contribution in [3.63, 3.8) is 0 Å². The van der Waals surface area contributed by atoms with Crippen LogP contribution in [-0.4, -0.2) is 24.1 Å². The molecule has 0 saturated heterocycles. The monoisotopic (exact) mass is 243 g/mol. The molecule has 0 radical (unpaired) electrons. The molecule has 1 saturated carbocycles. The van der Waals surface area contributed by atoms with E-state index < -0.39 is 0 Å². The molecule has 96 valence electrons. The molecule has 0 aromatic heterocycles. The molecule has 0 spiro atoms. The Morgan fingerprint density at radius 1 is 1.25 bits per heavy atom. The van der Waals surface area contributed by atoms with Gasteiger partial charge in [-0.25, -0.2) is 0 Å². The Kier molecular flexibility index (Phi) is 7.55. The zero-order valence-corrected chi connectivity index (χ0v) is 12.1. The second kappa shape index (κ2) is 8.41. The topological polar surface area (TPSA) is 12.0 Å². The predicted octanol–water partition coefficient (Wildman–Crippen LogP) is 3.93. The van der Waals surface area contributed by atoms with Gasteiger partial charge in [-0.1, -0.05) is 40.0 Å². The van der Waals surface area contributed by atoms with Crippen molar-refractivity contribution in [3.8, 4) is 0 Å². The van der Waals surface area contributed by atoms with E-state index in [0.717, 1.165) is 24.4 Å². The summed E-state index contributed by atoms with van der Waals surface area (Å²) in [5, 5.41) is 3.64. The molecule has 0 aromatic carbocycles. The Morgan fingerprint density at radius 2 is 1.94 bits per heavy atom. The SMILES string of the molecule is CCNC(CSCC1CCCC1)C(C)CC. The van der Waals surface area contributed by atoms with Gasteiger partial charge in [-0.3, -0.25) is 0 Å². The lowest BCUT2D eigenvalue weighted by molar-refractivity contribution is 0.403. The third-order valence-corrected chi connectivity index (χ3v) is 5.22. The van der Waals surface area contributed by atoms with Crippen molar-refractivity contribution in [2.45, 2.75) is 58.9 Å². The van der Waals surface area contributed by atoms with Crippen LogP contribution in [0, 0.1) is 11.8 Å². The van der Waals surface area contributed by atoms with Crippen molar-refractivity contribution in [2.24, 2.45) is 11.8 Å². The minimum atomic E-state index is 0.724. The predicted molar refractivity (Wildman–Crippen MR) is 76.2 cm³/mol. The third-order valence-electron chi connectivity index (χ3n) is 3.92. The fourth-order valence-electron chi connectivity index (χ4n) is 2.51. The van der Waals surface area contributed by atoms with Crippen LogP contribution in [0.15, 0.2) is 0 Å². The first-order chi connectivity index (χ1) is 7.77. The maximum atomic E-state index is 3.64. The van der Waals surface area contributed by atoms with Gasteiger partial charge in [0.1, 0.15) is 0 Å². The zero-order valence-electron chi connectivity index (χ0n) is 11.3. The van der Waals surface area contributed by atoms with Crippen molar-refractivity contribution in [2.75, 3.05) is 18.1 Å². The Bertz CT molecular complexity index is 166. The van der Waals surface area contributed by atoms with E-state index in [4.69, 9.17) is 0 Å². The summed E-state index contributed by atoms with van der Waals surface area (Å²) in [6, 6.07) is 0.724. The van der Waals surface area contributed by atoms with Gasteiger partial charge in [0.15, 0.2) is 0 Å². The molecule has 0 bridgehead atoms. The van der Waals surface area contributed by atoms with Gasteiger partial charge in [0.2, 0.25) is 0 Å². The maximum absolute atomic E-state index is 3.64. The Balaban J connectivity index is 2.15. The van der Waals surface area contributed by atoms with E-state index in [1.165, 1.54) is 43.6 Å². The number of hydrogen-bond acceptors (Lipinski definition) is 2. The molecule has 1 nitrogen and oxygen atoms in total. The number of nitrogens with one attached hydrogen (secondary N) is 1. The lowest BCUT2D eigenvalue weighted by atomic mass is 10.0. The quantitative estimate of drug-likeness (QED) is 0.693. The van der Waals surface area contributed by atoms with Crippen LogP contribution >= 0.6 is 11.8 Å². The molecule has 16 heavy (non-hydrogen) atoms. The van der Waals surface area contributed by atoms with Gasteiger partial charge in [0.05, 0.1) is 0 Å². The maximum Gasteiger partial charge on any atom is 0.0183 e. The lowest BCUT2D eigenvalue weighted by Crippen LogP contribution is -2.37.